The topological polar surface area (TPSA) is 88.9 Å². The number of rotatable bonds is 6. The molecule has 2 amide bonds. The van der Waals surface area contributed by atoms with Gasteiger partial charge in [-0.2, -0.15) is 0 Å². The van der Waals surface area contributed by atoms with Crippen LogP contribution in [0.25, 0.3) is 0 Å². The van der Waals surface area contributed by atoms with E-state index in [9.17, 15) is 9.59 Å². The first-order valence-electron chi connectivity index (χ1n) is 8.19. The molecule has 0 spiro atoms. The van der Waals surface area contributed by atoms with Crippen molar-refractivity contribution in [2.45, 2.75) is 13.1 Å². The van der Waals surface area contributed by atoms with Crippen LogP contribution >= 0.6 is 0 Å². The normalized spacial score (nSPS) is 10.3. The molecule has 1 aromatic heterocycles. The van der Waals surface area contributed by atoms with E-state index in [1.165, 1.54) is 0 Å². The van der Waals surface area contributed by atoms with Crippen LogP contribution in [0.5, 0.6) is 0 Å². The van der Waals surface area contributed by atoms with Gasteiger partial charge in [0, 0.05) is 19.2 Å². The third kappa shape index (κ3) is 4.32. The van der Waals surface area contributed by atoms with Crippen LogP contribution in [0, 0.1) is 0 Å². The Morgan fingerprint density at radius 3 is 2.38 bits per heavy atom. The lowest BCUT2D eigenvalue weighted by Gasteiger charge is -2.05. The smallest absolute Gasteiger partial charge is 0.273 e. The maximum Gasteiger partial charge on any atom is 0.273 e. The Balaban J connectivity index is 1.56. The summed E-state index contributed by atoms with van der Waals surface area (Å²) >= 11 is 0. The van der Waals surface area contributed by atoms with Crippen LogP contribution in [0.2, 0.25) is 0 Å². The molecule has 1 heterocycles. The summed E-state index contributed by atoms with van der Waals surface area (Å²) in [6, 6.07) is 16.9. The van der Waals surface area contributed by atoms with E-state index in [0.717, 1.165) is 11.1 Å². The fourth-order valence-corrected chi connectivity index (χ4v) is 2.44. The summed E-state index contributed by atoms with van der Waals surface area (Å²) in [7, 11) is 1.58. The molecule has 3 aromatic rings. The second-order valence-electron chi connectivity index (χ2n) is 5.75. The monoisotopic (exact) mass is 349 g/mol. The predicted molar refractivity (Wildman–Crippen MR) is 96.6 cm³/mol. The molecular formula is C19H19N5O2. The van der Waals surface area contributed by atoms with Crippen molar-refractivity contribution in [3.63, 3.8) is 0 Å². The molecule has 0 aliphatic carbocycles. The number of hydrogen-bond acceptors (Lipinski definition) is 4. The van der Waals surface area contributed by atoms with Crippen molar-refractivity contribution in [3.05, 3.63) is 83.2 Å². The highest BCUT2D eigenvalue weighted by atomic mass is 16.2. The molecule has 26 heavy (non-hydrogen) atoms. The minimum absolute atomic E-state index is 0.143. The third-order valence-electron chi connectivity index (χ3n) is 3.85. The van der Waals surface area contributed by atoms with E-state index in [1.54, 1.807) is 42.2 Å². The maximum absolute atomic E-state index is 12.2. The van der Waals surface area contributed by atoms with Gasteiger partial charge in [-0.3, -0.25) is 9.59 Å². The van der Waals surface area contributed by atoms with Crippen molar-refractivity contribution in [3.8, 4) is 0 Å². The van der Waals surface area contributed by atoms with Gasteiger partial charge in [0.15, 0.2) is 5.69 Å². The summed E-state index contributed by atoms with van der Waals surface area (Å²) in [5.41, 5.74) is 2.82. The van der Waals surface area contributed by atoms with Gasteiger partial charge in [-0.1, -0.05) is 47.7 Å². The summed E-state index contributed by atoms with van der Waals surface area (Å²) in [6.45, 7) is 0.903. The molecular weight excluding hydrogens is 330 g/mol. The molecule has 0 bridgehead atoms. The first kappa shape index (κ1) is 17.3. The fourth-order valence-electron chi connectivity index (χ4n) is 2.44. The molecule has 0 radical (unpaired) electrons. The Kier molecular flexibility index (Phi) is 5.38. The third-order valence-corrected chi connectivity index (χ3v) is 3.85. The second kappa shape index (κ2) is 8.06. The average molecular weight is 349 g/mol. The van der Waals surface area contributed by atoms with Crippen molar-refractivity contribution < 1.29 is 9.59 Å². The van der Waals surface area contributed by atoms with E-state index in [4.69, 9.17) is 0 Å². The van der Waals surface area contributed by atoms with Gasteiger partial charge in [0.1, 0.15) is 0 Å². The molecule has 7 heteroatoms. The molecule has 0 saturated heterocycles. The number of hydrogen-bond donors (Lipinski definition) is 2. The van der Waals surface area contributed by atoms with Gasteiger partial charge < -0.3 is 10.6 Å². The molecule has 2 N–H and O–H groups in total. The lowest BCUT2D eigenvalue weighted by molar-refractivity contribution is 0.0942. The van der Waals surface area contributed by atoms with Crippen LogP contribution in [-0.2, 0) is 13.1 Å². The van der Waals surface area contributed by atoms with Gasteiger partial charge in [-0.05, 0) is 23.3 Å². The average Bonchev–Trinajstić information content (AvgIpc) is 3.15. The zero-order valence-corrected chi connectivity index (χ0v) is 14.3. The zero-order chi connectivity index (χ0) is 18.4. The number of benzene rings is 2. The number of carbonyl (C=O) groups excluding carboxylic acids is 2. The van der Waals surface area contributed by atoms with Crippen LogP contribution in [0.4, 0.5) is 0 Å². The van der Waals surface area contributed by atoms with Gasteiger partial charge in [-0.25, -0.2) is 4.68 Å². The Morgan fingerprint density at radius 1 is 0.962 bits per heavy atom. The highest BCUT2D eigenvalue weighted by Crippen LogP contribution is 2.05. The Hall–Kier alpha value is -3.48. The number of nitrogens with one attached hydrogen (secondary N) is 2. The molecule has 0 aliphatic heterocycles. The lowest BCUT2D eigenvalue weighted by Crippen LogP contribution is -2.23. The zero-order valence-electron chi connectivity index (χ0n) is 14.3. The summed E-state index contributed by atoms with van der Waals surface area (Å²) in [5, 5.41) is 13.3. The quantitative estimate of drug-likeness (QED) is 0.708. The predicted octanol–water partition coefficient (Wildman–Crippen LogP) is 1.62. The van der Waals surface area contributed by atoms with E-state index in [0.29, 0.717) is 18.7 Å². The summed E-state index contributed by atoms with van der Waals surface area (Å²) in [5.74, 6) is -0.435. The molecule has 0 unspecified atom stereocenters. The molecule has 2 aromatic carbocycles. The fraction of sp³-hybridized carbons (Fsp3) is 0.158. The van der Waals surface area contributed by atoms with Crippen molar-refractivity contribution in [1.29, 1.82) is 0 Å². The van der Waals surface area contributed by atoms with Gasteiger partial charge >= 0.3 is 0 Å². The molecule has 3 rings (SSSR count). The minimum Gasteiger partial charge on any atom is -0.355 e. The van der Waals surface area contributed by atoms with Crippen molar-refractivity contribution in [2.24, 2.45) is 0 Å². The van der Waals surface area contributed by atoms with Crippen molar-refractivity contribution in [2.75, 3.05) is 7.05 Å². The second-order valence-corrected chi connectivity index (χ2v) is 5.75. The summed E-state index contributed by atoms with van der Waals surface area (Å²) in [6.07, 6.45) is 1.62. The van der Waals surface area contributed by atoms with Crippen LogP contribution in [0.1, 0.15) is 32.0 Å². The minimum atomic E-state index is -0.292. The van der Waals surface area contributed by atoms with E-state index in [1.807, 2.05) is 30.3 Å². The lowest BCUT2D eigenvalue weighted by atomic mass is 10.1. The van der Waals surface area contributed by atoms with E-state index in [2.05, 4.69) is 20.9 Å². The maximum atomic E-state index is 12.2. The van der Waals surface area contributed by atoms with Crippen LogP contribution in [-0.4, -0.2) is 33.9 Å². The van der Waals surface area contributed by atoms with E-state index >= 15 is 0 Å². The van der Waals surface area contributed by atoms with Crippen LogP contribution in [0.3, 0.4) is 0 Å². The van der Waals surface area contributed by atoms with E-state index in [-0.39, 0.29) is 17.5 Å². The molecule has 132 valence electrons. The van der Waals surface area contributed by atoms with Crippen molar-refractivity contribution >= 4 is 11.8 Å². The SMILES string of the molecule is CNC(=O)c1ccc(CNC(=O)c2cn(Cc3ccccc3)nn2)cc1. The number of nitrogens with zero attached hydrogens (tertiary/aromatic N) is 3. The Morgan fingerprint density at radius 2 is 1.69 bits per heavy atom. The first-order chi connectivity index (χ1) is 12.7. The molecule has 0 fully saturated rings. The van der Waals surface area contributed by atoms with Crippen LogP contribution in [0.15, 0.2) is 60.8 Å². The van der Waals surface area contributed by atoms with Gasteiger partial charge in [-0.15, -0.1) is 5.10 Å². The molecule has 7 nitrogen and oxygen atoms in total. The Bertz CT molecular complexity index is 888. The Labute approximate surface area is 151 Å². The number of amides is 2. The number of carbonyl (C=O) groups is 2. The van der Waals surface area contributed by atoms with Gasteiger partial charge in [0.2, 0.25) is 0 Å². The van der Waals surface area contributed by atoms with E-state index < -0.39 is 0 Å². The number of aromatic nitrogens is 3. The summed E-state index contributed by atoms with van der Waals surface area (Å²) in [4.78, 5) is 23.7. The van der Waals surface area contributed by atoms with Crippen molar-refractivity contribution in [1.82, 2.24) is 25.6 Å². The van der Waals surface area contributed by atoms with Gasteiger partial charge in [0.05, 0.1) is 12.7 Å². The standard InChI is InChI=1S/C19H19N5O2/c1-20-18(25)16-9-7-14(8-10-16)11-21-19(26)17-13-24(23-22-17)12-15-5-3-2-4-6-15/h2-10,13H,11-12H2,1H3,(H,20,25)(H,21,26). The highest BCUT2D eigenvalue weighted by molar-refractivity contribution is 5.94. The molecule has 0 aliphatic rings. The summed E-state index contributed by atoms with van der Waals surface area (Å²) < 4.78 is 1.63. The van der Waals surface area contributed by atoms with Gasteiger partial charge in [0.25, 0.3) is 11.8 Å². The first-order valence-corrected chi connectivity index (χ1v) is 8.19. The molecule has 0 atom stereocenters. The largest absolute Gasteiger partial charge is 0.355 e. The van der Waals surface area contributed by atoms with Crippen LogP contribution < -0.4 is 10.6 Å². The highest BCUT2D eigenvalue weighted by Gasteiger charge is 2.11. The molecule has 0 saturated carbocycles.